The van der Waals surface area contributed by atoms with Crippen LogP contribution in [0, 0.1) is 0 Å². The average Bonchev–Trinajstić information content (AvgIpc) is 2.80. The molecule has 0 bridgehead atoms. The molecule has 0 amide bonds. The van der Waals surface area contributed by atoms with Crippen LogP contribution >= 0.6 is 11.3 Å². The van der Waals surface area contributed by atoms with E-state index in [-0.39, 0.29) is 0 Å². The van der Waals surface area contributed by atoms with Crippen LogP contribution in [0.3, 0.4) is 0 Å². The molecule has 3 heteroatoms. The van der Waals surface area contributed by atoms with Crippen LogP contribution in [0.2, 0.25) is 0 Å². The Labute approximate surface area is 113 Å². The van der Waals surface area contributed by atoms with E-state index in [1.54, 1.807) is 11.3 Å². The number of rotatable bonds is 7. The lowest BCUT2D eigenvalue weighted by molar-refractivity contribution is 0.678. The Morgan fingerprint density at radius 1 is 1.22 bits per heavy atom. The van der Waals surface area contributed by atoms with Crippen LogP contribution in [-0.2, 0) is 6.42 Å². The third-order valence-corrected chi connectivity index (χ3v) is 3.77. The van der Waals surface area contributed by atoms with Crippen molar-refractivity contribution >= 4 is 21.6 Å². The second-order valence-corrected chi connectivity index (χ2v) is 5.40. The molecule has 1 N–H and O–H groups in total. The molecule has 2 rings (SSSR count). The van der Waals surface area contributed by atoms with E-state index >= 15 is 0 Å². The Morgan fingerprint density at radius 2 is 2.11 bits per heavy atom. The summed E-state index contributed by atoms with van der Waals surface area (Å²) >= 11 is 1.79. The number of nitrogens with zero attached hydrogens (tertiary/aromatic N) is 1. The van der Waals surface area contributed by atoms with E-state index in [1.165, 1.54) is 16.1 Å². The molecule has 1 aromatic heterocycles. The van der Waals surface area contributed by atoms with Gasteiger partial charge in [0.1, 0.15) is 0 Å². The average molecular weight is 260 g/mol. The fourth-order valence-electron chi connectivity index (χ4n) is 1.80. The molecule has 1 heterocycles. The molecule has 0 saturated heterocycles. The molecule has 0 unspecified atom stereocenters. The summed E-state index contributed by atoms with van der Waals surface area (Å²) in [6.45, 7) is 4.38. The molecule has 2 aromatic rings. The molecule has 0 aliphatic heterocycles. The Bertz CT molecular complexity index is 469. The van der Waals surface area contributed by atoms with Crippen LogP contribution in [0.15, 0.2) is 36.4 Å². The highest BCUT2D eigenvalue weighted by atomic mass is 32.1. The lowest BCUT2D eigenvalue weighted by Crippen LogP contribution is -2.14. The number of hydrogen-bond acceptors (Lipinski definition) is 3. The molecular weight excluding hydrogens is 240 g/mol. The van der Waals surface area contributed by atoms with E-state index in [0.717, 1.165) is 31.4 Å². The van der Waals surface area contributed by atoms with Crippen molar-refractivity contribution in [1.82, 2.24) is 10.3 Å². The van der Waals surface area contributed by atoms with Crippen molar-refractivity contribution in [2.24, 2.45) is 0 Å². The van der Waals surface area contributed by atoms with Crippen LogP contribution in [0.25, 0.3) is 10.2 Å². The summed E-state index contributed by atoms with van der Waals surface area (Å²) in [6, 6.07) is 8.32. The minimum atomic E-state index is 0.952. The zero-order chi connectivity index (χ0) is 12.6. The summed E-state index contributed by atoms with van der Waals surface area (Å²) in [5, 5.41) is 4.59. The van der Waals surface area contributed by atoms with Crippen LogP contribution in [0.4, 0.5) is 0 Å². The quantitative estimate of drug-likeness (QED) is 0.605. The standard InChI is InChI=1S/C15H20N2S/c1-2-11-16-12-7-3-4-10-15-17-13-8-5-6-9-14(13)18-15/h3-6,8-9,16H,2,7,10-12H2,1H3. The zero-order valence-electron chi connectivity index (χ0n) is 10.9. The topological polar surface area (TPSA) is 24.9 Å². The summed E-state index contributed by atoms with van der Waals surface area (Å²) in [5.74, 6) is 0. The van der Waals surface area contributed by atoms with Crippen molar-refractivity contribution in [2.45, 2.75) is 26.2 Å². The van der Waals surface area contributed by atoms with E-state index in [4.69, 9.17) is 0 Å². The molecule has 0 saturated carbocycles. The number of thiazole rings is 1. The number of nitrogens with one attached hydrogen (secondary N) is 1. The summed E-state index contributed by atoms with van der Waals surface area (Å²) in [7, 11) is 0. The van der Waals surface area contributed by atoms with Gasteiger partial charge in [-0.3, -0.25) is 0 Å². The van der Waals surface area contributed by atoms with Crippen LogP contribution in [0.5, 0.6) is 0 Å². The highest BCUT2D eigenvalue weighted by molar-refractivity contribution is 7.18. The minimum absolute atomic E-state index is 0.952. The number of para-hydroxylation sites is 1. The van der Waals surface area contributed by atoms with Gasteiger partial charge in [-0.2, -0.15) is 0 Å². The van der Waals surface area contributed by atoms with Crippen molar-refractivity contribution in [3.8, 4) is 0 Å². The molecule has 2 nitrogen and oxygen atoms in total. The fourth-order valence-corrected chi connectivity index (χ4v) is 2.74. The predicted octanol–water partition coefficient (Wildman–Crippen LogP) is 3.78. The maximum absolute atomic E-state index is 4.61. The Hall–Kier alpha value is -1.19. The number of aromatic nitrogens is 1. The van der Waals surface area contributed by atoms with Gasteiger partial charge in [-0.05, 0) is 38.1 Å². The van der Waals surface area contributed by atoms with Crippen molar-refractivity contribution in [3.63, 3.8) is 0 Å². The second kappa shape index (κ2) is 7.29. The smallest absolute Gasteiger partial charge is 0.0976 e. The third-order valence-electron chi connectivity index (χ3n) is 2.71. The first-order valence-electron chi connectivity index (χ1n) is 6.60. The molecule has 0 spiro atoms. The highest BCUT2D eigenvalue weighted by Crippen LogP contribution is 2.21. The van der Waals surface area contributed by atoms with Gasteiger partial charge in [0.2, 0.25) is 0 Å². The number of benzene rings is 1. The van der Waals surface area contributed by atoms with Gasteiger partial charge in [-0.15, -0.1) is 11.3 Å². The summed E-state index contributed by atoms with van der Waals surface area (Å²) in [6.07, 6.45) is 7.73. The monoisotopic (exact) mass is 260 g/mol. The lowest BCUT2D eigenvalue weighted by Gasteiger charge is -1.97. The van der Waals surface area contributed by atoms with Gasteiger partial charge in [0.25, 0.3) is 0 Å². The summed E-state index contributed by atoms with van der Waals surface area (Å²) < 4.78 is 1.28. The first kappa shape index (κ1) is 13.2. The maximum atomic E-state index is 4.61. The number of allylic oxidation sites excluding steroid dienone is 1. The molecule has 0 fully saturated rings. The maximum Gasteiger partial charge on any atom is 0.0976 e. The van der Waals surface area contributed by atoms with Crippen LogP contribution in [0.1, 0.15) is 24.8 Å². The molecule has 18 heavy (non-hydrogen) atoms. The van der Waals surface area contributed by atoms with E-state index in [9.17, 15) is 0 Å². The molecule has 0 aliphatic carbocycles. The van der Waals surface area contributed by atoms with Gasteiger partial charge in [0.15, 0.2) is 0 Å². The van der Waals surface area contributed by atoms with Crippen LogP contribution < -0.4 is 5.32 Å². The predicted molar refractivity (Wildman–Crippen MR) is 80.2 cm³/mol. The molecule has 96 valence electrons. The van der Waals surface area contributed by atoms with Crippen molar-refractivity contribution in [2.75, 3.05) is 13.1 Å². The molecule has 1 aromatic carbocycles. The van der Waals surface area contributed by atoms with Crippen molar-refractivity contribution in [1.29, 1.82) is 0 Å². The second-order valence-electron chi connectivity index (χ2n) is 4.29. The third kappa shape index (κ3) is 3.93. The van der Waals surface area contributed by atoms with Crippen molar-refractivity contribution < 1.29 is 0 Å². The number of fused-ring (bicyclic) bond motifs is 1. The molecule has 0 aliphatic rings. The Morgan fingerprint density at radius 3 is 2.94 bits per heavy atom. The minimum Gasteiger partial charge on any atom is -0.316 e. The van der Waals surface area contributed by atoms with Crippen molar-refractivity contribution in [3.05, 3.63) is 41.4 Å². The zero-order valence-corrected chi connectivity index (χ0v) is 11.7. The van der Waals surface area contributed by atoms with Gasteiger partial charge in [-0.1, -0.05) is 31.2 Å². The van der Waals surface area contributed by atoms with Gasteiger partial charge in [0, 0.05) is 6.42 Å². The van der Waals surface area contributed by atoms with Gasteiger partial charge in [-0.25, -0.2) is 4.98 Å². The van der Waals surface area contributed by atoms with E-state index < -0.39 is 0 Å². The number of hydrogen-bond donors (Lipinski definition) is 1. The first-order valence-corrected chi connectivity index (χ1v) is 7.42. The largest absolute Gasteiger partial charge is 0.316 e. The van der Waals surface area contributed by atoms with E-state index in [1.807, 2.05) is 6.07 Å². The fraction of sp³-hybridized carbons (Fsp3) is 0.400. The molecule has 0 radical (unpaired) electrons. The van der Waals surface area contributed by atoms with Gasteiger partial charge < -0.3 is 5.32 Å². The SMILES string of the molecule is CCCNCCC=CCc1nc2ccccc2s1. The molecular formula is C15H20N2S. The van der Waals surface area contributed by atoms with Gasteiger partial charge >= 0.3 is 0 Å². The summed E-state index contributed by atoms with van der Waals surface area (Å²) in [4.78, 5) is 4.61. The van der Waals surface area contributed by atoms with Gasteiger partial charge in [0.05, 0.1) is 15.2 Å². The Kier molecular flexibility index (Phi) is 5.36. The lowest BCUT2D eigenvalue weighted by atomic mass is 10.3. The molecule has 0 atom stereocenters. The normalized spacial score (nSPS) is 11.6. The van der Waals surface area contributed by atoms with Crippen LogP contribution in [-0.4, -0.2) is 18.1 Å². The van der Waals surface area contributed by atoms with E-state index in [2.05, 4.69) is 47.6 Å². The Balaban J connectivity index is 1.77. The first-order chi connectivity index (χ1) is 8.90. The summed E-state index contributed by atoms with van der Waals surface area (Å²) in [5.41, 5.74) is 1.12. The van der Waals surface area contributed by atoms with E-state index in [0.29, 0.717) is 0 Å². The highest BCUT2D eigenvalue weighted by Gasteiger charge is 2.00.